The van der Waals surface area contributed by atoms with E-state index in [0.717, 1.165) is 5.56 Å². The van der Waals surface area contributed by atoms with E-state index in [-0.39, 0.29) is 11.8 Å². The standard InChI is InChI=1S/C11H11N3O2/c1-8-6-14-11(16-8)10(15)13-7-9-2-4-12-5-3-9/h2-6H,7H2,1H3,(H,13,15). The summed E-state index contributed by atoms with van der Waals surface area (Å²) in [4.78, 5) is 19.3. The van der Waals surface area contributed by atoms with Crippen molar-refractivity contribution in [3.8, 4) is 0 Å². The summed E-state index contributed by atoms with van der Waals surface area (Å²) in [6.45, 7) is 2.18. The van der Waals surface area contributed by atoms with Gasteiger partial charge in [-0.25, -0.2) is 4.98 Å². The largest absolute Gasteiger partial charge is 0.438 e. The number of aryl methyl sites for hydroxylation is 1. The smallest absolute Gasteiger partial charge is 0.307 e. The van der Waals surface area contributed by atoms with Crippen molar-refractivity contribution in [2.24, 2.45) is 0 Å². The molecule has 5 heteroatoms. The fraction of sp³-hybridized carbons (Fsp3) is 0.182. The first kappa shape index (κ1) is 10.4. The number of amides is 1. The lowest BCUT2D eigenvalue weighted by Gasteiger charge is -2.01. The van der Waals surface area contributed by atoms with Gasteiger partial charge in [0.1, 0.15) is 5.76 Å². The van der Waals surface area contributed by atoms with Crippen molar-refractivity contribution >= 4 is 5.91 Å². The van der Waals surface area contributed by atoms with Crippen molar-refractivity contribution in [1.82, 2.24) is 15.3 Å². The van der Waals surface area contributed by atoms with Crippen LogP contribution >= 0.6 is 0 Å². The van der Waals surface area contributed by atoms with E-state index < -0.39 is 0 Å². The summed E-state index contributed by atoms with van der Waals surface area (Å²) in [5.41, 5.74) is 0.978. The molecule has 0 spiro atoms. The molecule has 0 aliphatic heterocycles. The molecule has 0 bridgehead atoms. The quantitative estimate of drug-likeness (QED) is 0.841. The minimum Gasteiger partial charge on any atom is -0.438 e. The second kappa shape index (κ2) is 4.57. The lowest BCUT2D eigenvalue weighted by molar-refractivity contribution is 0.0915. The van der Waals surface area contributed by atoms with Crippen molar-refractivity contribution < 1.29 is 9.21 Å². The molecule has 1 N–H and O–H groups in total. The molecule has 2 aromatic heterocycles. The first-order valence-electron chi connectivity index (χ1n) is 4.85. The molecule has 0 fully saturated rings. The maximum atomic E-state index is 11.5. The molecule has 16 heavy (non-hydrogen) atoms. The fourth-order valence-corrected chi connectivity index (χ4v) is 1.22. The van der Waals surface area contributed by atoms with Gasteiger partial charge in [0, 0.05) is 18.9 Å². The van der Waals surface area contributed by atoms with Gasteiger partial charge in [-0.3, -0.25) is 9.78 Å². The van der Waals surface area contributed by atoms with E-state index in [0.29, 0.717) is 12.3 Å². The van der Waals surface area contributed by atoms with Crippen LogP contribution in [0.1, 0.15) is 22.0 Å². The van der Waals surface area contributed by atoms with Crippen LogP contribution in [0.25, 0.3) is 0 Å². The maximum Gasteiger partial charge on any atom is 0.307 e. The maximum absolute atomic E-state index is 11.5. The van der Waals surface area contributed by atoms with Crippen molar-refractivity contribution in [3.05, 3.63) is 47.9 Å². The SMILES string of the molecule is Cc1cnc(C(=O)NCc2ccncc2)o1. The Bertz CT molecular complexity index is 479. The highest BCUT2D eigenvalue weighted by Crippen LogP contribution is 2.02. The molecule has 0 radical (unpaired) electrons. The number of nitrogens with one attached hydrogen (secondary N) is 1. The second-order valence-corrected chi connectivity index (χ2v) is 3.31. The van der Waals surface area contributed by atoms with E-state index in [9.17, 15) is 4.79 Å². The number of carbonyl (C=O) groups is 1. The molecule has 0 aliphatic rings. The van der Waals surface area contributed by atoms with E-state index in [2.05, 4.69) is 15.3 Å². The lowest BCUT2D eigenvalue weighted by atomic mass is 10.3. The lowest BCUT2D eigenvalue weighted by Crippen LogP contribution is -2.22. The zero-order valence-electron chi connectivity index (χ0n) is 8.80. The number of carbonyl (C=O) groups excluding carboxylic acids is 1. The van der Waals surface area contributed by atoms with Gasteiger partial charge in [0.15, 0.2) is 0 Å². The summed E-state index contributed by atoms with van der Waals surface area (Å²) in [7, 11) is 0. The third kappa shape index (κ3) is 2.44. The number of aromatic nitrogens is 2. The first-order chi connectivity index (χ1) is 7.75. The topological polar surface area (TPSA) is 68.0 Å². The molecule has 0 saturated carbocycles. The Labute approximate surface area is 92.5 Å². The summed E-state index contributed by atoms with van der Waals surface area (Å²) >= 11 is 0. The van der Waals surface area contributed by atoms with Crippen LogP contribution in [0.4, 0.5) is 0 Å². The van der Waals surface area contributed by atoms with Crippen molar-refractivity contribution in [3.63, 3.8) is 0 Å². The number of hydrogen-bond acceptors (Lipinski definition) is 4. The van der Waals surface area contributed by atoms with Crippen LogP contribution in [0.3, 0.4) is 0 Å². The molecular formula is C11H11N3O2. The third-order valence-corrected chi connectivity index (χ3v) is 2.02. The Balaban J connectivity index is 1.94. The molecule has 2 rings (SSSR count). The van der Waals surface area contributed by atoms with Crippen LogP contribution in [0, 0.1) is 6.92 Å². The van der Waals surface area contributed by atoms with Gasteiger partial charge in [0.25, 0.3) is 5.89 Å². The molecular weight excluding hydrogens is 206 g/mol. The fourth-order valence-electron chi connectivity index (χ4n) is 1.22. The monoisotopic (exact) mass is 217 g/mol. The number of pyridine rings is 1. The third-order valence-electron chi connectivity index (χ3n) is 2.02. The molecule has 0 atom stereocenters. The van der Waals surface area contributed by atoms with Gasteiger partial charge in [-0.1, -0.05) is 0 Å². The highest BCUT2D eigenvalue weighted by Gasteiger charge is 2.10. The van der Waals surface area contributed by atoms with E-state index in [1.807, 2.05) is 12.1 Å². The first-order valence-corrected chi connectivity index (χ1v) is 4.85. The minimum atomic E-state index is -0.315. The Morgan fingerprint density at radius 3 is 2.81 bits per heavy atom. The summed E-state index contributed by atoms with van der Waals surface area (Å²) in [6.07, 6.45) is 4.87. The molecule has 2 heterocycles. The molecule has 0 unspecified atom stereocenters. The van der Waals surface area contributed by atoms with Gasteiger partial charge in [-0.05, 0) is 24.6 Å². The average Bonchev–Trinajstić information content (AvgIpc) is 2.74. The summed E-state index contributed by atoms with van der Waals surface area (Å²) in [5.74, 6) is 0.394. The molecule has 0 aromatic carbocycles. The van der Waals surface area contributed by atoms with Gasteiger partial charge in [-0.15, -0.1) is 0 Å². The predicted molar refractivity (Wildman–Crippen MR) is 56.6 cm³/mol. The second-order valence-electron chi connectivity index (χ2n) is 3.31. The van der Waals surface area contributed by atoms with Gasteiger partial charge in [0.2, 0.25) is 0 Å². The van der Waals surface area contributed by atoms with Gasteiger partial charge < -0.3 is 9.73 Å². The Kier molecular flexibility index (Phi) is 2.95. The predicted octanol–water partition coefficient (Wildman–Crippen LogP) is 1.31. The van der Waals surface area contributed by atoms with Crippen LogP contribution in [-0.4, -0.2) is 15.9 Å². The highest BCUT2D eigenvalue weighted by atomic mass is 16.4. The van der Waals surface area contributed by atoms with Crippen LogP contribution in [0.15, 0.2) is 35.1 Å². The normalized spacial score (nSPS) is 10.1. The summed E-state index contributed by atoms with van der Waals surface area (Å²) in [6, 6.07) is 3.67. The Morgan fingerprint density at radius 2 is 2.19 bits per heavy atom. The Morgan fingerprint density at radius 1 is 1.44 bits per heavy atom. The number of nitrogens with zero attached hydrogens (tertiary/aromatic N) is 2. The molecule has 2 aromatic rings. The van der Waals surface area contributed by atoms with Crippen molar-refractivity contribution in [2.45, 2.75) is 13.5 Å². The number of rotatable bonds is 3. The Hall–Kier alpha value is -2.17. The minimum absolute atomic E-state index is 0.0894. The van der Waals surface area contributed by atoms with E-state index in [1.165, 1.54) is 6.20 Å². The molecule has 5 nitrogen and oxygen atoms in total. The van der Waals surface area contributed by atoms with Crippen molar-refractivity contribution in [1.29, 1.82) is 0 Å². The van der Waals surface area contributed by atoms with Crippen molar-refractivity contribution in [2.75, 3.05) is 0 Å². The molecule has 1 amide bonds. The van der Waals surface area contributed by atoms with Crippen LogP contribution < -0.4 is 5.32 Å². The zero-order valence-corrected chi connectivity index (χ0v) is 8.80. The average molecular weight is 217 g/mol. The van der Waals surface area contributed by atoms with Crippen LogP contribution in [0.5, 0.6) is 0 Å². The molecule has 0 saturated heterocycles. The highest BCUT2D eigenvalue weighted by molar-refractivity contribution is 5.89. The van der Waals surface area contributed by atoms with E-state index >= 15 is 0 Å². The molecule has 0 aliphatic carbocycles. The zero-order chi connectivity index (χ0) is 11.4. The number of oxazole rings is 1. The van der Waals surface area contributed by atoms with Crippen LogP contribution in [-0.2, 0) is 6.54 Å². The van der Waals surface area contributed by atoms with E-state index in [1.54, 1.807) is 19.3 Å². The van der Waals surface area contributed by atoms with Gasteiger partial charge >= 0.3 is 5.91 Å². The van der Waals surface area contributed by atoms with Gasteiger partial charge in [0.05, 0.1) is 6.20 Å². The van der Waals surface area contributed by atoms with E-state index in [4.69, 9.17) is 4.42 Å². The molecule has 82 valence electrons. The van der Waals surface area contributed by atoms with Gasteiger partial charge in [-0.2, -0.15) is 0 Å². The number of hydrogen-bond donors (Lipinski definition) is 1. The summed E-state index contributed by atoms with van der Waals surface area (Å²) in [5, 5.41) is 2.71. The van der Waals surface area contributed by atoms with Crippen LogP contribution in [0.2, 0.25) is 0 Å². The summed E-state index contributed by atoms with van der Waals surface area (Å²) < 4.78 is 5.10.